The zero-order chi connectivity index (χ0) is 20.9. The van der Waals surface area contributed by atoms with Crippen LogP contribution in [0.5, 0.6) is 11.5 Å². The molecule has 2 aliphatic heterocycles. The van der Waals surface area contributed by atoms with E-state index in [1.807, 2.05) is 36.4 Å². The predicted molar refractivity (Wildman–Crippen MR) is 112 cm³/mol. The van der Waals surface area contributed by atoms with E-state index < -0.39 is 6.10 Å². The van der Waals surface area contributed by atoms with Crippen LogP contribution >= 0.6 is 0 Å². The smallest absolute Gasteiger partial charge is 0.267 e. The van der Waals surface area contributed by atoms with E-state index in [0.717, 1.165) is 32.0 Å². The largest absolute Gasteiger partial charge is 0.485 e. The second kappa shape index (κ2) is 9.04. The molecule has 8 heteroatoms. The first-order valence-electron chi connectivity index (χ1n) is 9.96. The van der Waals surface area contributed by atoms with Crippen molar-refractivity contribution >= 4 is 23.2 Å². The fourth-order valence-electron chi connectivity index (χ4n) is 3.46. The minimum Gasteiger partial charge on any atom is -0.485 e. The third kappa shape index (κ3) is 4.65. The molecule has 0 unspecified atom stereocenters. The zero-order valence-corrected chi connectivity index (χ0v) is 16.9. The first kappa shape index (κ1) is 20.0. The molecule has 2 aromatic carbocycles. The van der Waals surface area contributed by atoms with Crippen molar-refractivity contribution in [2.45, 2.75) is 6.10 Å². The van der Waals surface area contributed by atoms with E-state index in [2.05, 4.69) is 10.2 Å². The molecular formula is C22H25N3O5. The van der Waals surface area contributed by atoms with Crippen LogP contribution in [-0.4, -0.2) is 69.3 Å². The molecule has 0 radical (unpaired) electrons. The number of rotatable bonds is 5. The Labute approximate surface area is 175 Å². The minimum atomic E-state index is -0.773. The number of carbonyl (C=O) groups is 2. The molecule has 0 saturated carbocycles. The number of likely N-dealkylation sites (N-methyl/N-ethyl adjacent to an activating group) is 1. The number of morpholine rings is 1. The number of benzene rings is 2. The molecule has 30 heavy (non-hydrogen) atoms. The lowest BCUT2D eigenvalue weighted by Crippen LogP contribution is -2.47. The molecule has 1 atom stereocenters. The molecule has 2 heterocycles. The van der Waals surface area contributed by atoms with Crippen molar-refractivity contribution in [3.8, 4) is 11.5 Å². The second-order valence-corrected chi connectivity index (χ2v) is 7.25. The molecule has 2 amide bonds. The van der Waals surface area contributed by atoms with E-state index >= 15 is 0 Å². The number of anilines is 2. The number of nitrogens with one attached hydrogen (secondary N) is 1. The number of fused-ring (bicyclic) bond motifs is 1. The average Bonchev–Trinajstić information content (AvgIpc) is 2.79. The fraction of sp³-hybridized carbons (Fsp3) is 0.364. The predicted octanol–water partition coefficient (Wildman–Crippen LogP) is 1.76. The van der Waals surface area contributed by atoms with Crippen molar-refractivity contribution < 1.29 is 23.8 Å². The van der Waals surface area contributed by atoms with Gasteiger partial charge in [0.05, 0.1) is 19.8 Å². The topological polar surface area (TPSA) is 80.3 Å². The van der Waals surface area contributed by atoms with Gasteiger partial charge >= 0.3 is 0 Å². The Balaban J connectivity index is 1.28. The van der Waals surface area contributed by atoms with Crippen molar-refractivity contribution in [1.82, 2.24) is 4.90 Å². The van der Waals surface area contributed by atoms with E-state index in [9.17, 15) is 9.59 Å². The molecule has 158 valence electrons. The quantitative estimate of drug-likeness (QED) is 0.808. The van der Waals surface area contributed by atoms with Crippen LogP contribution in [0.2, 0.25) is 0 Å². The third-order valence-electron chi connectivity index (χ3n) is 5.07. The summed E-state index contributed by atoms with van der Waals surface area (Å²) in [4.78, 5) is 28.6. The van der Waals surface area contributed by atoms with Gasteiger partial charge in [-0.05, 0) is 36.4 Å². The fourth-order valence-corrected chi connectivity index (χ4v) is 3.46. The molecule has 1 N–H and O–H groups in total. The number of hydrogen-bond donors (Lipinski definition) is 1. The van der Waals surface area contributed by atoms with E-state index in [1.54, 1.807) is 19.2 Å². The van der Waals surface area contributed by atoms with Crippen LogP contribution in [-0.2, 0) is 14.3 Å². The number of hydrogen-bond acceptors (Lipinski definition) is 6. The van der Waals surface area contributed by atoms with Gasteiger partial charge in [-0.15, -0.1) is 0 Å². The van der Waals surface area contributed by atoms with Gasteiger partial charge in [-0.25, -0.2) is 0 Å². The van der Waals surface area contributed by atoms with Crippen LogP contribution in [0.25, 0.3) is 0 Å². The highest BCUT2D eigenvalue weighted by atomic mass is 16.6. The monoisotopic (exact) mass is 411 g/mol. The van der Waals surface area contributed by atoms with Crippen molar-refractivity contribution in [2.24, 2.45) is 0 Å². The van der Waals surface area contributed by atoms with Crippen LogP contribution < -0.4 is 19.7 Å². The van der Waals surface area contributed by atoms with Crippen molar-refractivity contribution in [3.05, 3.63) is 48.5 Å². The maximum absolute atomic E-state index is 12.6. The standard InChI is InChI=1S/C22H25N3O5/c1-24(22(27)20-15-29-18-4-2-3-5-19(18)30-20)14-21(26)23-16-6-8-17(9-7-16)25-10-12-28-13-11-25/h2-9,20H,10-15H2,1H3,(H,23,26)/t20-/m1/s1. The first-order valence-corrected chi connectivity index (χ1v) is 9.96. The summed E-state index contributed by atoms with van der Waals surface area (Å²) in [5.41, 5.74) is 1.78. The first-order chi connectivity index (χ1) is 14.6. The summed E-state index contributed by atoms with van der Waals surface area (Å²) in [6.45, 7) is 3.20. The van der Waals surface area contributed by atoms with Crippen LogP contribution in [0.3, 0.4) is 0 Å². The molecule has 1 saturated heterocycles. The van der Waals surface area contributed by atoms with Gasteiger partial charge in [0.25, 0.3) is 5.91 Å². The van der Waals surface area contributed by atoms with Crippen molar-refractivity contribution in [1.29, 1.82) is 0 Å². The lowest BCUT2D eigenvalue weighted by atomic mass is 10.2. The van der Waals surface area contributed by atoms with Crippen molar-refractivity contribution in [2.75, 3.05) is 56.7 Å². The number of nitrogens with zero attached hydrogens (tertiary/aromatic N) is 2. The Morgan fingerprint density at radius 1 is 1.07 bits per heavy atom. The van der Waals surface area contributed by atoms with Gasteiger partial charge in [0, 0.05) is 31.5 Å². The van der Waals surface area contributed by atoms with Crippen molar-refractivity contribution in [3.63, 3.8) is 0 Å². The number of para-hydroxylation sites is 2. The molecule has 2 aromatic rings. The summed E-state index contributed by atoms with van der Waals surface area (Å²) in [5.74, 6) is 0.562. The molecule has 0 spiro atoms. The lowest BCUT2D eigenvalue weighted by Gasteiger charge is -2.29. The summed E-state index contributed by atoms with van der Waals surface area (Å²) in [6, 6.07) is 14.9. The molecule has 2 aliphatic rings. The third-order valence-corrected chi connectivity index (χ3v) is 5.07. The summed E-state index contributed by atoms with van der Waals surface area (Å²) in [5, 5.41) is 2.83. The molecule has 4 rings (SSSR count). The molecule has 0 aliphatic carbocycles. The van der Waals surface area contributed by atoms with Gasteiger partial charge in [-0.2, -0.15) is 0 Å². The summed E-state index contributed by atoms with van der Waals surface area (Å²) in [7, 11) is 1.58. The van der Waals surface area contributed by atoms with Crippen LogP contribution in [0.1, 0.15) is 0 Å². The van der Waals surface area contributed by atoms with Gasteiger partial charge < -0.3 is 29.3 Å². The van der Waals surface area contributed by atoms with Gasteiger partial charge in [0.15, 0.2) is 11.5 Å². The van der Waals surface area contributed by atoms with Crippen LogP contribution in [0.15, 0.2) is 48.5 Å². The summed E-state index contributed by atoms with van der Waals surface area (Å²) in [6.07, 6.45) is -0.773. The van der Waals surface area contributed by atoms with Gasteiger partial charge in [-0.3, -0.25) is 9.59 Å². The Hall–Kier alpha value is -3.26. The molecule has 8 nitrogen and oxygen atoms in total. The molecule has 0 aromatic heterocycles. The Morgan fingerprint density at radius 2 is 1.77 bits per heavy atom. The second-order valence-electron chi connectivity index (χ2n) is 7.25. The maximum Gasteiger partial charge on any atom is 0.267 e. The van der Waals surface area contributed by atoms with Crippen LogP contribution in [0, 0.1) is 0 Å². The Bertz CT molecular complexity index is 896. The Kier molecular flexibility index (Phi) is 6.04. The summed E-state index contributed by atoms with van der Waals surface area (Å²) < 4.78 is 16.7. The average molecular weight is 411 g/mol. The Morgan fingerprint density at radius 3 is 2.50 bits per heavy atom. The highest BCUT2D eigenvalue weighted by Gasteiger charge is 2.30. The van der Waals surface area contributed by atoms with Gasteiger partial charge in [-0.1, -0.05) is 12.1 Å². The number of ether oxygens (including phenoxy) is 3. The molecular weight excluding hydrogens is 386 g/mol. The minimum absolute atomic E-state index is 0.0778. The number of amides is 2. The number of carbonyl (C=O) groups excluding carboxylic acids is 2. The van der Waals surface area contributed by atoms with Gasteiger partial charge in [0.1, 0.15) is 6.61 Å². The zero-order valence-electron chi connectivity index (χ0n) is 16.9. The molecule has 1 fully saturated rings. The van der Waals surface area contributed by atoms with Gasteiger partial charge in [0.2, 0.25) is 12.0 Å². The molecule has 0 bridgehead atoms. The normalized spacial score (nSPS) is 17.9. The lowest BCUT2D eigenvalue weighted by molar-refractivity contribution is -0.141. The summed E-state index contributed by atoms with van der Waals surface area (Å²) >= 11 is 0. The highest BCUT2D eigenvalue weighted by molar-refractivity contribution is 5.95. The van der Waals surface area contributed by atoms with E-state index in [0.29, 0.717) is 17.2 Å². The SMILES string of the molecule is CN(CC(=O)Nc1ccc(N2CCOCC2)cc1)C(=O)[C@H]1COc2ccccc2O1. The maximum atomic E-state index is 12.6. The highest BCUT2D eigenvalue weighted by Crippen LogP contribution is 2.31. The van der Waals surface area contributed by atoms with Crippen LogP contribution in [0.4, 0.5) is 11.4 Å². The van der Waals surface area contributed by atoms with E-state index in [1.165, 1.54) is 4.90 Å². The van der Waals surface area contributed by atoms with E-state index in [-0.39, 0.29) is 25.0 Å². The van der Waals surface area contributed by atoms with E-state index in [4.69, 9.17) is 14.2 Å².